The second-order valence-electron chi connectivity index (χ2n) is 4.96. The van der Waals surface area contributed by atoms with Crippen molar-refractivity contribution in [1.29, 1.82) is 0 Å². The molecule has 2 atom stereocenters. The lowest BCUT2D eigenvalue weighted by Crippen LogP contribution is -2.32. The van der Waals surface area contributed by atoms with Gasteiger partial charge in [0, 0.05) is 24.1 Å². The first-order valence-electron chi connectivity index (χ1n) is 6.85. The average molecular weight is 296 g/mol. The van der Waals surface area contributed by atoms with Crippen LogP contribution in [0.5, 0.6) is 0 Å². The quantitative estimate of drug-likeness (QED) is 0.724. The minimum atomic E-state index is -0.205. The van der Waals surface area contributed by atoms with Gasteiger partial charge in [0.1, 0.15) is 0 Å². The molecule has 1 aromatic carbocycles. The van der Waals surface area contributed by atoms with Crippen LogP contribution in [0.2, 0.25) is 0 Å². The molecule has 0 saturated carbocycles. The van der Waals surface area contributed by atoms with Crippen molar-refractivity contribution in [3.05, 3.63) is 29.8 Å². The Morgan fingerprint density at radius 2 is 2.15 bits per heavy atom. The molecular formula is C15H24N2O2S. The van der Waals surface area contributed by atoms with Gasteiger partial charge in [-0.2, -0.15) is 11.8 Å². The van der Waals surface area contributed by atoms with Crippen molar-refractivity contribution >= 4 is 23.5 Å². The van der Waals surface area contributed by atoms with Gasteiger partial charge < -0.3 is 15.7 Å². The third-order valence-electron chi connectivity index (χ3n) is 3.20. The van der Waals surface area contributed by atoms with Crippen LogP contribution < -0.4 is 10.6 Å². The van der Waals surface area contributed by atoms with Crippen LogP contribution >= 0.6 is 11.8 Å². The zero-order valence-corrected chi connectivity index (χ0v) is 13.2. The van der Waals surface area contributed by atoms with Gasteiger partial charge in [-0.15, -0.1) is 0 Å². The van der Waals surface area contributed by atoms with Crippen molar-refractivity contribution in [2.45, 2.75) is 25.5 Å². The number of urea groups is 1. The van der Waals surface area contributed by atoms with Crippen LogP contribution in [0.15, 0.2) is 24.3 Å². The smallest absolute Gasteiger partial charge is 0.319 e. The molecule has 1 rings (SSSR count). The Morgan fingerprint density at radius 3 is 2.80 bits per heavy atom. The number of hydrogen-bond acceptors (Lipinski definition) is 3. The maximum absolute atomic E-state index is 11.8. The number of anilines is 1. The minimum absolute atomic E-state index is 0.152. The molecule has 0 aromatic heterocycles. The largest absolute Gasteiger partial charge is 0.396 e. The van der Waals surface area contributed by atoms with Crippen LogP contribution in [0.1, 0.15) is 31.1 Å². The molecule has 1 aromatic rings. The van der Waals surface area contributed by atoms with Crippen molar-refractivity contribution in [1.82, 2.24) is 5.32 Å². The van der Waals surface area contributed by atoms with Gasteiger partial charge in [0.2, 0.25) is 0 Å². The van der Waals surface area contributed by atoms with Gasteiger partial charge >= 0.3 is 6.03 Å². The van der Waals surface area contributed by atoms with E-state index in [0.29, 0.717) is 18.2 Å². The fourth-order valence-electron chi connectivity index (χ4n) is 1.77. The second kappa shape index (κ2) is 8.87. The highest BCUT2D eigenvalue weighted by Gasteiger charge is 2.07. The highest BCUT2D eigenvalue weighted by Crippen LogP contribution is 2.27. The van der Waals surface area contributed by atoms with Crippen molar-refractivity contribution in [3.8, 4) is 0 Å². The number of amides is 2. The third kappa shape index (κ3) is 5.84. The molecule has 3 N–H and O–H groups in total. The Bertz CT molecular complexity index is 426. The van der Waals surface area contributed by atoms with E-state index in [0.717, 1.165) is 5.69 Å². The summed E-state index contributed by atoms with van der Waals surface area (Å²) >= 11 is 1.77. The Balaban J connectivity index is 2.49. The maximum atomic E-state index is 11.8. The summed E-state index contributed by atoms with van der Waals surface area (Å²) in [5.41, 5.74) is 2.00. The van der Waals surface area contributed by atoms with E-state index in [1.54, 1.807) is 11.8 Å². The molecule has 0 spiro atoms. The molecule has 0 aliphatic rings. The van der Waals surface area contributed by atoms with Crippen LogP contribution in [0.4, 0.5) is 10.5 Å². The summed E-state index contributed by atoms with van der Waals surface area (Å²) in [7, 11) is 0. The number of nitrogens with one attached hydrogen (secondary N) is 2. The Kier molecular flexibility index (Phi) is 7.47. The van der Waals surface area contributed by atoms with Crippen molar-refractivity contribution in [3.63, 3.8) is 0 Å². The highest BCUT2D eigenvalue weighted by molar-refractivity contribution is 7.98. The van der Waals surface area contributed by atoms with Crippen molar-refractivity contribution < 1.29 is 9.90 Å². The van der Waals surface area contributed by atoms with Crippen molar-refractivity contribution in [2.24, 2.45) is 5.92 Å². The first kappa shape index (κ1) is 16.9. The fourth-order valence-corrected chi connectivity index (χ4v) is 2.19. The fraction of sp³-hybridized carbons (Fsp3) is 0.533. The molecule has 0 saturated heterocycles. The summed E-state index contributed by atoms with van der Waals surface area (Å²) in [5, 5.41) is 14.9. The molecule has 0 heterocycles. The number of carbonyl (C=O) groups excluding carboxylic acids is 1. The van der Waals surface area contributed by atoms with E-state index in [2.05, 4.69) is 29.9 Å². The van der Waals surface area contributed by atoms with E-state index in [1.165, 1.54) is 5.56 Å². The molecule has 0 unspecified atom stereocenters. The number of carbonyl (C=O) groups is 1. The second-order valence-corrected chi connectivity index (χ2v) is 6.13. The Labute approximate surface area is 125 Å². The number of thioether (sulfide) groups is 1. The summed E-state index contributed by atoms with van der Waals surface area (Å²) in [6, 6.07) is 7.69. The zero-order valence-electron chi connectivity index (χ0n) is 12.3. The number of hydrogen-bond donors (Lipinski definition) is 3. The lowest BCUT2D eigenvalue weighted by Gasteiger charge is -2.13. The van der Waals surface area contributed by atoms with Gasteiger partial charge in [-0.05, 0) is 43.2 Å². The molecule has 0 fully saturated rings. The van der Waals surface area contributed by atoms with E-state index in [4.69, 9.17) is 5.11 Å². The van der Waals surface area contributed by atoms with Crippen molar-refractivity contribution in [2.75, 3.05) is 24.7 Å². The van der Waals surface area contributed by atoms with Crippen LogP contribution in [-0.4, -0.2) is 30.5 Å². The molecule has 4 nitrogen and oxygen atoms in total. The van der Waals surface area contributed by atoms with Crippen LogP contribution in [0, 0.1) is 5.92 Å². The van der Waals surface area contributed by atoms with E-state index in [9.17, 15) is 4.79 Å². The molecule has 5 heteroatoms. The Hall–Kier alpha value is -1.20. The molecular weight excluding hydrogens is 272 g/mol. The monoisotopic (exact) mass is 296 g/mol. The van der Waals surface area contributed by atoms with E-state index < -0.39 is 0 Å². The lowest BCUT2D eigenvalue weighted by atomic mass is 10.1. The van der Waals surface area contributed by atoms with Gasteiger partial charge in [-0.1, -0.05) is 19.1 Å². The predicted octanol–water partition coefficient (Wildman–Crippen LogP) is 3.25. The molecule has 0 aliphatic carbocycles. The molecule has 112 valence electrons. The first-order valence-corrected chi connectivity index (χ1v) is 8.14. The molecule has 0 radical (unpaired) electrons. The van der Waals surface area contributed by atoms with Crippen LogP contribution in [0.3, 0.4) is 0 Å². The Morgan fingerprint density at radius 1 is 1.40 bits per heavy atom. The van der Waals surface area contributed by atoms with Gasteiger partial charge in [-0.3, -0.25) is 0 Å². The van der Waals surface area contributed by atoms with E-state index in [-0.39, 0.29) is 18.6 Å². The third-order valence-corrected chi connectivity index (χ3v) is 4.18. The van der Waals surface area contributed by atoms with Gasteiger partial charge in [0.25, 0.3) is 0 Å². The summed E-state index contributed by atoms with van der Waals surface area (Å²) < 4.78 is 0. The van der Waals surface area contributed by atoms with Crippen LogP contribution in [0.25, 0.3) is 0 Å². The highest BCUT2D eigenvalue weighted by atomic mass is 32.2. The zero-order chi connectivity index (χ0) is 15.0. The van der Waals surface area contributed by atoms with Crippen LogP contribution in [-0.2, 0) is 0 Å². The maximum Gasteiger partial charge on any atom is 0.319 e. The van der Waals surface area contributed by atoms with Gasteiger partial charge in [0.15, 0.2) is 0 Å². The predicted molar refractivity (Wildman–Crippen MR) is 86.3 cm³/mol. The number of aliphatic hydroxyl groups excluding tert-OH is 1. The summed E-state index contributed by atoms with van der Waals surface area (Å²) in [6.45, 7) is 4.85. The number of aliphatic hydroxyl groups is 1. The van der Waals surface area contributed by atoms with Gasteiger partial charge in [-0.25, -0.2) is 4.79 Å². The molecule has 0 aliphatic heterocycles. The summed E-state index contributed by atoms with van der Waals surface area (Å²) in [5.74, 6) is 0.272. The topological polar surface area (TPSA) is 61.4 Å². The SMILES string of the molecule is CS[C@H](C)c1cccc(NC(=O)NC[C@@H](C)CCO)c1. The van der Waals surface area contributed by atoms with E-state index in [1.807, 2.05) is 25.1 Å². The van der Waals surface area contributed by atoms with E-state index >= 15 is 0 Å². The first-order chi connectivity index (χ1) is 9.56. The minimum Gasteiger partial charge on any atom is -0.396 e. The molecule has 2 amide bonds. The van der Waals surface area contributed by atoms with Gasteiger partial charge in [0.05, 0.1) is 0 Å². The number of benzene rings is 1. The average Bonchev–Trinajstić information content (AvgIpc) is 2.45. The molecule has 0 bridgehead atoms. The molecule has 20 heavy (non-hydrogen) atoms. The number of rotatable bonds is 7. The standard InChI is InChI=1S/C15H24N2O2S/c1-11(7-8-18)10-16-15(19)17-14-6-4-5-13(9-14)12(2)20-3/h4-6,9,11-12,18H,7-8,10H2,1-3H3,(H2,16,17,19)/t11-,12+/m0/s1. The summed E-state index contributed by atoms with van der Waals surface area (Å²) in [6.07, 6.45) is 2.76. The normalized spacial score (nSPS) is 13.6. The lowest BCUT2D eigenvalue weighted by molar-refractivity contribution is 0.243. The summed E-state index contributed by atoms with van der Waals surface area (Å²) in [4.78, 5) is 11.8.